The maximum absolute atomic E-state index is 12.7. The fourth-order valence-electron chi connectivity index (χ4n) is 3.22. The van der Waals surface area contributed by atoms with E-state index in [2.05, 4.69) is 12.2 Å². The smallest absolute Gasteiger partial charge is 0.317 e. The molecule has 1 aliphatic heterocycles. The van der Waals surface area contributed by atoms with Crippen molar-refractivity contribution in [3.8, 4) is 0 Å². The van der Waals surface area contributed by atoms with Gasteiger partial charge in [-0.1, -0.05) is 54.9 Å². The summed E-state index contributed by atoms with van der Waals surface area (Å²) in [6, 6.07) is 15.7. The second-order valence-corrected chi connectivity index (χ2v) is 6.22. The first-order valence-corrected chi connectivity index (χ1v) is 8.48. The second kappa shape index (κ2) is 7.05. The van der Waals surface area contributed by atoms with E-state index in [0.29, 0.717) is 0 Å². The molecule has 0 aliphatic carbocycles. The van der Waals surface area contributed by atoms with Crippen molar-refractivity contribution in [1.82, 2.24) is 4.90 Å². The van der Waals surface area contributed by atoms with Crippen molar-refractivity contribution in [2.45, 2.75) is 32.2 Å². The Labute approximate surface area is 142 Å². The van der Waals surface area contributed by atoms with E-state index in [-0.39, 0.29) is 12.1 Å². The lowest BCUT2D eigenvalue weighted by Crippen LogP contribution is -2.34. The number of halogens is 1. The van der Waals surface area contributed by atoms with Crippen molar-refractivity contribution in [3.05, 3.63) is 64.7 Å². The lowest BCUT2D eigenvalue weighted by Gasteiger charge is -2.26. The van der Waals surface area contributed by atoms with Crippen LogP contribution in [-0.4, -0.2) is 17.5 Å². The van der Waals surface area contributed by atoms with E-state index in [4.69, 9.17) is 11.6 Å². The van der Waals surface area contributed by atoms with E-state index in [9.17, 15) is 4.79 Å². The Morgan fingerprint density at radius 1 is 1.22 bits per heavy atom. The van der Waals surface area contributed by atoms with Crippen molar-refractivity contribution in [1.29, 1.82) is 0 Å². The molecule has 1 N–H and O–H groups in total. The summed E-state index contributed by atoms with van der Waals surface area (Å²) in [4.78, 5) is 14.6. The van der Waals surface area contributed by atoms with Gasteiger partial charge in [-0.2, -0.15) is 0 Å². The minimum Gasteiger partial charge on any atom is -0.317 e. The standard InChI is InChI=1S/C19H21ClN2O/c1-2-14-8-3-6-11-17(14)21-19(23)22-13-7-12-18(22)15-9-4-5-10-16(15)20/h3-6,8-11,18H,2,7,12-13H2,1H3,(H,21,23)/t18-/m0/s1. The molecule has 0 spiro atoms. The van der Waals surface area contributed by atoms with E-state index in [1.165, 1.54) is 0 Å². The molecular formula is C19H21ClN2O. The van der Waals surface area contributed by atoms with Gasteiger partial charge in [0.25, 0.3) is 0 Å². The van der Waals surface area contributed by atoms with E-state index in [0.717, 1.165) is 47.6 Å². The summed E-state index contributed by atoms with van der Waals surface area (Å²) in [5.41, 5.74) is 3.07. The fraction of sp³-hybridized carbons (Fsp3) is 0.316. The summed E-state index contributed by atoms with van der Waals surface area (Å²) in [6.45, 7) is 2.85. The van der Waals surface area contributed by atoms with Gasteiger partial charge >= 0.3 is 6.03 Å². The third-order valence-electron chi connectivity index (χ3n) is 4.42. The Morgan fingerprint density at radius 3 is 2.74 bits per heavy atom. The predicted molar refractivity (Wildman–Crippen MR) is 95.0 cm³/mol. The predicted octanol–water partition coefficient (Wildman–Crippen LogP) is 5.27. The molecule has 3 nitrogen and oxygen atoms in total. The molecule has 3 rings (SSSR count). The van der Waals surface area contributed by atoms with Gasteiger partial charge in [-0.15, -0.1) is 0 Å². The number of carbonyl (C=O) groups excluding carboxylic acids is 1. The quantitative estimate of drug-likeness (QED) is 0.817. The molecule has 1 atom stereocenters. The van der Waals surface area contributed by atoms with Crippen LogP contribution in [0.3, 0.4) is 0 Å². The minimum atomic E-state index is -0.0479. The molecule has 0 saturated carbocycles. The molecule has 0 aromatic heterocycles. The van der Waals surface area contributed by atoms with Gasteiger partial charge in [-0.05, 0) is 42.5 Å². The molecule has 0 unspecified atom stereocenters. The third kappa shape index (κ3) is 3.35. The zero-order chi connectivity index (χ0) is 16.2. The number of nitrogens with zero attached hydrogens (tertiary/aromatic N) is 1. The van der Waals surface area contributed by atoms with Gasteiger partial charge in [-0.25, -0.2) is 4.79 Å². The lowest BCUT2D eigenvalue weighted by molar-refractivity contribution is 0.207. The Hall–Kier alpha value is -2.00. The SMILES string of the molecule is CCc1ccccc1NC(=O)N1CCC[C@H]1c1ccccc1Cl. The van der Waals surface area contributed by atoms with Crippen LogP contribution in [0.15, 0.2) is 48.5 Å². The Morgan fingerprint density at radius 2 is 1.96 bits per heavy atom. The molecular weight excluding hydrogens is 308 g/mol. The zero-order valence-electron chi connectivity index (χ0n) is 13.3. The molecule has 1 saturated heterocycles. The Bertz CT molecular complexity index is 701. The van der Waals surface area contributed by atoms with Crippen molar-refractivity contribution in [3.63, 3.8) is 0 Å². The van der Waals surface area contributed by atoms with Crippen LogP contribution in [0.5, 0.6) is 0 Å². The van der Waals surface area contributed by atoms with Crippen LogP contribution in [0.4, 0.5) is 10.5 Å². The molecule has 1 fully saturated rings. The summed E-state index contributed by atoms with van der Waals surface area (Å²) in [5, 5.41) is 3.79. The van der Waals surface area contributed by atoms with E-state index in [1.54, 1.807) is 0 Å². The second-order valence-electron chi connectivity index (χ2n) is 5.81. The topological polar surface area (TPSA) is 32.3 Å². The van der Waals surface area contributed by atoms with Gasteiger partial charge in [0.1, 0.15) is 0 Å². The van der Waals surface area contributed by atoms with E-state index in [1.807, 2.05) is 53.4 Å². The normalized spacial score (nSPS) is 17.3. The average molecular weight is 329 g/mol. The fourth-order valence-corrected chi connectivity index (χ4v) is 3.48. The van der Waals surface area contributed by atoms with Gasteiger partial charge in [-0.3, -0.25) is 0 Å². The summed E-state index contributed by atoms with van der Waals surface area (Å²) in [6.07, 6.45) is 2.84. The number of urea groups is 1. The van der Waals surface area contributed by atoms with Crippen LogP contribution in [0.25, 0.3) is 0 Å². The number of rotatable bonds is 3. The molecule has 2 amide bonds. The van der Waals surface area contributed by atoms with Crippen LogP contribution < -0.4 is 5.32 Å². The van der Waals surface area contributed by atoms with Crippen LogP contribution in [0, 0.1) is 0 Å². The highest BCUT2D eigenvalue weighted by Crippen LogP contribution is 2.36. The zero-order valence-corrected chi connectivity index (χ0v) is 14.0. The van der Waals surface area contributed by atoms with Gasteiger partial charge in [0.2, 0.25) is 0 Å². The molecule has 0 bridgehead atoms. The Kier molecular flexibility index (Phi) is 4.87. The van der Waals surface area contributed by atoms with Gasteiger partial charge in [0.05, 0.1) is 6.04 Å². The number of carbonyl (C=O) groups is 1. The summed E-state index contributed by atoms with van der Waals surface area (Å²) in [7, 11) is 0. The number of amides is 2. The molecule has 23 heavy (non-hydrogen) atoms. The Balaban J connectivity index is 1.80. The summed E-state index contributed by atoms with van der Waals surface area (Å²) in [5.74, 6) is 0. The van der Waals surface area contributed by atoms with Gasteiger partial charge in [0.15, 0.2) is 0 Å². The van der Waals surface area contributed by atoms with Crippen molar-refractivity contribution in [2.24, 2.45) is 0 Å². The highest BCUT2D eigenvalue weighted by atomic mass is 35.5. The van der Waals surface area contributed by atoms with E-state index >= 15 is 0 Å². The number of aryl methyl sites for hydroxylation is 1. The number of hydrogen-bond acceptors (Lipinski definition) is 1. The van der Waals surface area contributed by atoms with Gasteiger partial charge < -0.3 is 10.2 Å². The molecule has 0 radical (unpaired) electrons. The maximum atomic E-state index is 12.7. The van der Waals surface area contributed by atoms with E-state index < -0.39 is 0 Å². The van der Waals surface area contributed by atoms with Crippen LogP contribution in [-0.2, 0) is 6.42 Å². The molecule has 1 heterocycles. The third-order valence-corrected chi connectivity index (χ3v) is 4.76. The minimum absolute atomic E-state index is 0.0479. The number of anilines is 1. The number of para-hydroxylation sites is 1. The first-order chi connectivity index (χ1) is 11.2. The average Bonchev–Trinajstić information content (AvgIpc) is 3.05. The van der Waals surface area contributed by atoms with Crippen molar-refractivity contribution in [2.75, 3.05) is 11.9 Å². The number of hydrogen-bond donors (Lipinski definition) is 1. The van der Waals surface area contributed by atoms with Crippen LogP contribution in [0.2, 0.25) is 5.02 Å². The van der Waals surface area contributed by atoms with Crippen LogP contribution >= 0.6 is 11.6 Å². The molecule has 2 aromatic carbocycles. The molecule has 120 valence electrons. The van der Waals surface area contributed by atoms with Crippen LogP contribution in [0.1, 0.15) is 36.9 Å². The largest absolute Gasteiger partial charge is 0.322 e. The molecule has 2 aromatic rings. The molecule has 1 aliphatic rings. The highest BCUT2D eigenvalue weighted by molar-refractivity contribution is 6.31. The number of nitrogens with one attached hydrogen (secondary N) is 1. The van der Waals surface area contributed by atoms with Gasteiger partial charge in [0, 0.05) is 17.3 Å². The first kappa shape index (κ1) is 15.9. The molecule has 4 heteroatoms. The van der Waals surface area contributed by atoms with Crippen molar-refractivity contribution < 1.29 is 4.79 Å². The summed E-state index contributed by atoms with van der Waals surface area (Å²) < 4.78 is 0. The number of benzene rings is 2. The monoisotopic (exact) mass is 328 g/mol. The first-order valence-electron chi connectivity index (χ1n) is 8.10. The maximum Gasteiger partial charge on any atom is 0.322 e. The summed E-state index contributed by atoms with van der Waals surface area (Å²) >= 11 is 6.32. The number of likely N-dealkylation sites (tertiary alicyclic amines) is 1. The lowest BCUT2D eigenvalue weighted by atomic mass is 10.0. The highest BCUT2D eigenvalue weighted by Gasteiger charge is 2.31. The van der Waals surface area contributed by atoms with Crippen molar-refractivity contribution >= 4 is 23.3 Å².